The zero-order valence-corrected chi connectivity index (χ0v) is 12.1. The van der Waals surface area contributed by atoms with Gasteiger partial charge in [0.15, 0.2) is 0 Å². The van der Waals surface area contributed by atoms with E-state index in [9.17, 15) is 9.59 Å². The SMILES string of the molecule is CC.COC(=O)C[C@H]1OC(=O)N[C@H]1Cc1ccccc1. The fourth-order valence-electron chi connectivity index (χ4n) is 1.98. The second-order valence-electron chi connectivity index (χ2n) is 4.16. The molecule has 0 radical (unpaired) electrons. The van der Waals surface area contributed by atoms with Crippen LogP contribution in [0.1, 0.15) is 25.8 Å². The number of methoxy groups -OCH3 is 1. The summed E-state index contributed by atoms with van der Waals surface area (Å²) in [5.74, 6) is -0.380. The second kappa shape index (κ2) is 8.19. The third-order valence-electron chi connectivity index (χ3n) is 2.90. The minimum Gasteiger partial charge on any atom is -0.469 e. The molecule has 1 aromatic carbocycles. The Morgan fingerprint density at radius 1 is 1.30 bits per heavy atom. The van der Waals surface area contributed by atoms with Crippen molar-refractivity contribution in [2.45, 2.75) is 38.8 Å². The molecule has 1 saturated heterocycles. The number of cyclic esters (lactones) is 1. The summed E-state index contributed by atoms with van der Waals surface area (Å²) in [5, 5.41) is 2.71. The molecule has 110 valence electrons. The first-order valence-electron chi connectivity index (χ1n) is 6.77. The molecule has 0 aliphatic carbocycles. The van der Waals surface area contributed by atoms with Gasteiger partial charge >= 0.3 is 12.1 Å². The largest absolute Gasteiger partial charge is 0.469 e. The fraction of sp³-hybridized carbons (Fsp3) is 0.467. The van der Waals surface area contributed by atoms with Crippen molar-refractivity contribution in [3.05, 3.63) is 35.9 Å². The van der Waals surface area contributed by atoms with Crippen molar-refractivity contribution in [1.82, 2.24) is 5.32 Å². The van der Waals surface area contributed by atoms with Crippen LogP contribution in [-0.4, -0.2) is 31.3 Å². The molecule has 1 heterocycles. The van der Waals surface area contributed by atoms with Crippen molar-refractivity contribution in [3.8, 4) is 0 Å². The summed E-state index contributed by atoms with van der Waals surface area (Å²) in [5.41, 5.74) is 1.09. The smallest absolute Gasteiger partial charge is 0.407 e. The molecule has 1 N–H and O–H groups in total. The van der Waals surface area contributed by atoms with Crippen LogP contribution in [0, 0.1) is 0 Å². The molecule has 1 fully saturated rings. The van der Waals surface area contributed by atoms with E-state index in [1.165, 1.54) is 7.11 Å². The maximum Gasteiger partial charge on any atom is 0.407 e. The van der Waals surface area contributed by atoms with Crippen LogP contribution in [-0.2, 0) is 20.7 Å². The number of alkyl carbamates (subject to hydrolysis) is 1. The van der Waals surface area contributed by atoms with Crippen molar-refractivity contribution in [2.75, 3.05) is 7.11 Å². The van der Waals surface area contributed by atoms with Crippen LogP contribution < -0.4 is 5.32 Å². The van der Waals surface area contributed by atoms with Crippen LogP contribution >= 0.6 is 0 Å². The van der Waals surface area contributed by atoms with E-state index in [4.69, 9.17) is 4.74 Å². The van der Waals surface area contributed by atoms with Gasteiger partial charge in [0.05, 0.1) is 19.6 Å². The second-order valence-corrected chi connectivity index (χ2v) is 4.16. The van der Waals surface area contributed by atoms with Gasteiger partial charge in [-0.2, -0.15) is 0 Å². The number of carbonyl (C=O) groups is 2. The highest BCUT2D eigenvalue weighted by atomic mass is 16.6. The Balaban J connectivity index is 0.000000956. The third kappa shape index (κ3) is 4.57. The van der Waals surface area contributed by atoms with Gasteiger partial charge in [0.1, 0.15) is 6.10 Å². The van der Waals surface area contributed by atoms with E-state index in [0.29, 0.717) is 6.42 Å². The van der Waals surface area contributed by atoms with Crippen LogP contribution in [0.4, 0.5) is 4.79 Å². The summed E-state index contributed by atoms with van der Waals surface area (Å²) >= 11 is 0. The summed E-state index contributed by atoms with van der Waals surface area (Å²) < 4.78 is 9.66. The van der Waals surface area contributed by atoms with E-state index in [-0.39, 0.29) is 18.4 Å². The molecule has 0 spiro atoms. The molecule has 2 rings (SSSR count). The number of ether oxygens (including phenoxy) is 2. The van der Waals surface area contributed by atoms with Crippen molar-refractivity contribution in [3.63, 3.8) is 0 Å². The predicted octanol–water partition coefficient (Wildman–Crippen LogP) is 2.30. The minimum atomic E-state index is -0.482. The molecule has 1 aliphatic rings. The van der Waals surface area contributed by atoms with Gasteiger partial charge in [-0.15, -0.1) is 0 Å². The molecule has 1 amide bonds. The number of esters is 1. The Morgan fingerprint density at radius 2 is 1.95 bits per heavy atom. The van der Waals surface area contributed by atoms with Gasteiger partial charge in [0, 0.05) is 0 Å². The van der Waals surface area contributed by atoms with Gasteiger partial charge in [0.25, 0.3) is 0 Å². The van der Waals surface area contributed by atoms with Gasteiger partial charge in [0.2, 0.25) is 0 Å². The van der Waals surface area contributed by atoms with E-state index in [0.717, 1.165) is 5.56 Å². The van der Waals surface area contributed by atoms with Crippen molar-refractivity contribution >= 4 is 12.1 Å². The third-order valence-corrected chi connectivity index (χ3v) is 2.90. The summed E-state index contributed by atoms with van der Waals surface area (Å²) in [6.07, 6.45) is -0.240. The fourth-order valence-corrected chi connectivity index (χ4v) is 1.98. The number of hydrogen-bond donors (Lipinski definition) is 1. The van der Waals surface area contributed by atoms with E-state index in [1.54, 1.807) is 0 Å². The first-order chi connectivity index (χ1) is 9.69. The van der Waals surface area contributed by atoms with Crippen molar-refractivity contribution < 1.29 is 19.1 Å². The number of amides is 1. The summed E-state index contributed by atoms with van der Waals surface area (Å²) in [7, 11) is 1.32. The Morgan fingerprint density at radius 3 is 2.55 bits per heavy atom. The van der Waals surface area contributed by atoms with E-state index in [1.807, 2.05) is 44.2 Å². The van der Waals surface area contributed by atoms with Gasteiger partial charge < -0.3 is 14.8 Å². The summed E-state index contributed by atoms with van der Waals surface area (Å²) in [6, 6.07) is 9.54. The molecule has 5 nitrogen and oxygen atoms in total. The monoisotopic (exact) mass is 279 g/mol. The lowest BCUT2D eigenvalue weighted by atomic mass is 10.0. The van der Waals surface area contributed by atoms with Crippen LogP contribution in [0.3, 0.4) is 0 Å². The average Bonchev–Trinajstić information content (AvgIpc) is 2.81. The molecule has 1 aliphatic heterocycles. The molecule has 0 unspecified atom stereocenters. The number of carbonyl (C=O) groups excluding carboxylic acids is 2. The zero-order chi connectivity index (χ0) is 15.0. The molecular weight excluding hydrogens is 258 g/mol. The molecule has 2 atom stereocenters. The predicted molar refractivity (Wildman–Crippen MR) is 75.3 cm³/mol. The van der Waals surface area contributed by atoms with Crippen LogP contribution in [0.25, 0.3) is 0 Å². The highest BCUT2D eigenvalue weighted by Gasteiger charge is 2.35. The number of benzene rings is 1. The Labute approximate surface area is 119 Å². The van der Waals surface area contributed by atoms with E-state index < -0.39 is 12.2 Å². The Bertz CT molecular complexity index is 433. The maximum absolute atomic E-state index is 11.2. The molecule has 1 aromatic rings. The standard InChI is InChI=1S/C13H15NO4.C2H6/c1-17-12(15)8-11-10(14-13(16)18-11)7-9-5-3-2-4-6-9;1-2/h2-6,10-11H,7-8H2,1H3,(H,14,16);1-2H3/t10-,11+;/m0./s1. The highest BCUT2D eigenvalue weighted by molar-refractivity contribution is 5.74. The summed E-state index contributed by atoms with van der Waals surface area (Å²) in [6.45, 7) is 4.00. The maximum atomic E-state index is 11.2. The first-order valence-corrected chi connectivity index (χ1v) is 6.77. The lowest BCUT2D eigenvalue weighted by molar-refractivity contribution is -0.142. The van der Waals surface area contributed by atoms with Gasteiger partial charge in [-0.05, 0) is 12.0 Å². The molecule has 0 aromatic heterocycles. The zero-order valence-electron chi connectivity index (χ0n) is 12.1. The van der Waals surface area contributed by atoms with E-state index >= 15 is 0 Å². The van der Waals surface area contributed by atoms with Crippen molar-refractivity contribution in [1.29, 1.82) is 0 Å². The Kier molecular flexibility index (Phi) is 6.56. The summed E-state index contributed by atoms with van der Waals surface area (Å²) in [4.78, 5) is 22.5. The quantitative estimate of drug-likeness (QED) is 0.859. The van der Waals surface area contributed by atoms with E-state index in [2.05, 4.69) is 10.1 Å². The molecule has 5 heteroatoms. The lowest BCUT2D eigenvalue weighted by Gasteiger charge is -2.15. The number of nitrogens with one attached hydrogen (secondary N) is 1. The molecular formula is C15H21NO4. The molecule has 0 bridgehead atoms. The Hall–Kier alpha value is -2.04. The van der Waals surface area contributed by atoms with Crippen LogP contribution in [0.2, 0.25) is 0 Å². The minimum absolute atomic E-state index is 0.0761. The number of rotatable bonds is 4. The highest BCUT2D eigenvalue weighted by Crippen LogP contribution is 2.17. The van der Waals surface area contributed by atoms with Gasteiger partial charge in [-0.1, -0.05) is 44.2 Å². The van der Waals surface area contributed by atoms with Crippen LogP contribution in [0.15, 0.2) is 30.3 Å². The number of hydrogen-bond acceptors (Lipinski definition) is 4. The van der Waals surface area contributed by atoms with Crippen LogP contribution in [0.5, 0.6) is 0 Å². The van der Waals surface area contributed by atoms with Gasteiger partial charge in [-0.25, -0.2) is 4.79 Å². The molecule has 20 heavy (non-hydrogen) atoms. The molecule has 0 saturated carbocycles. The lowest BCUT2D eigenvalue weighted by Crippen LogP contribution is -2.35. The normalized spacial score (nSPS) is 20.2. The van der Waals surface area contributed by atoms with Gasteiger partial charge in [-0.3, -0.25) is 4.79 Å². The first kappa shape index (κ1) is 16.0. The topological polar surface area (TPSA) is 64.6 Å². The van der Waals surface area contributed by atoms with Crippen molar-refractivity contribution in [2.24, 2.45) is 0 Å². The average molecular weight is 279 g/mol.